The van der Waals surface area contributed by atoms with Gasteiger partial charge in [-0.25, -0.2) is 9.97 Å². The van der Waals surface area contributed by atoms with Gasteiger partial charge in [-0.2, -0.15) is 0 Å². The second-order valence-corrected chi connectivity index (χ2v) is 3.35. The number of nitrogens with zero attached hydrogens (tertiary/aromatic N) is 2. The zero-order valence-electron chi connectivity index (χ0n) is 7.85. The fraction of sp³-hybridized carbons (Fsp3) is 0.500. The molecule has 0 aromatic carbocycles. The van der Waals surface area contributed by atoms with Crippen LogP contribution in [0.2, 0.25) is 0 Å². The van der Waals surface area contributed by atoms with Gasteiger partial charge in [-0.1, -0.05) is 0 Å². The van der Waals surface area contributed by atoms with E-state index in [-0.39, 0.29) is 11.9 Å². The average molecular weight is 192 g/mol. The molecule has 4 heteroatoms. The van der Waals surface area contributed by atoms with E-state index in [0.717, 1.165) is 19.3 Å². The Morgan fingerprint density at radius 3 is 2.79 bits per heavy atom. The maximum absolute atomic E-state index is 11.8. The fourth-order valence-electron chi connectivity index (χ4n) is 1.56. The standard InChI is InChI=1S/C10H12N2O2/c13-10(8-5-11-7-12-6-8)9-3-1-2-4-14-9/h5-7,9H,1-4H2. The van der Waals surface area contributed by atoms with Crippen LogP contribution >= 0.6 is 0 Å². The molecule has 14 heavy (non-hydrogen) atoms. The molecule has 1 aliphatic rings. The minimum atomic E-state index is -0.283. The number of hydrogen-bond donors (Lipinski definition) is 0. The monoisotopic (exact) mass is 192 g/mol. The highest BCUT2D eigenvalue weighted by atomic mass is 16.5. The van der Waals surface area contributed by atoms with E-state index >= 15 is 0 Å². The lowest BCUT2D eigenvalue weighted by molar-refractivity contribution is 0.0186. The summed E-state index contributed by atoms with van der Waals surface area (Å²) >= 11 is 0. The fourth-order valence-corrected chi connectivity index (χ4v) is 1.56. The summed E-state index contributed by atoms with van der Waals surface area (Å²) in [6.07, 6.45) is 7.13. The first-order valence-corrected chi connectivity index (χ1v) is 4.79. The van der Waals surface area contributed by atoms with Gasteiger partial charge in [-0.05, 0) is 19.3 Å². The molecule has 1 saturated heterocycles. The van der Waals surface area contributed by atoms with Crippen molar-refractivity contribution >= 4 is 5.78 Å². The van der Waals surface area contributed by atoms with Crippen molar-refractivity contribution in [1.29, 1.82) is 0 Å². The van der Waals surface area contributed by atoms with Crippen molar-refractivity contribution < 1.29 is 9.53 Å². The van der Waals surface area contributed by atoms with E-state index in [9.17, 15) is 4.79 Å². The average Bonchev–Trinajstić information content (AvgIpc) is 2.30. The van der Waals surface area contributed by atoms with Crippen molar-refractivity contribution in [3.8, 4) is 0 Å². The molecule has 1 aliphatic heterocycles. The van der Waals surface area contributed by atoms with Gasteiger partial charge in [0.15, 0.2) is 5.78 Å². The minimum Gasteiger partial charge on any atom is -0.370 e. The lowest BCUT2D eigenvalue weighted by atomic mass is 10.0. The Hall–Kier alpha value is -1.29. The number of ether oxygens (including phenoxy) is 1. The molecule has 0 spiro atoms. The summed E-state index contributed by atoms with van der Waals surface area (Å²) in [5.41, 5.74) is 0.541. The number of carbonyl (C=O) groups excluding carboxylic acids is 1. The summed E-state index contributed by atoms with van der Waals surface area (Å²) in [5.74, 6) is 0.00491. The van der Waals surface area contributed by atoms with E-state index in [1.165, 1.54) is 18.7 Å². The lowest BCUT2D eigenvalue weighted by Crippen LogP contribution is -2.28. The van der Waals surface area contributed by atoms with E-state index < -0.39 is 0 Å². The Bertz CT molecular complexity index is 307. The van der Waals surface area contributed by atoms with Gasteiger partial charge in [-0.15, -0.1) is 0 Å². The summed E-state index contributed by atoms with van der Waals surface area (Å²) < 4.78 is 5.39. The van der Waals surface area contributed by atoms with Gasteiger partial charge in [-0.3, -0.25) is 4.79 Å². The van der Waals surface area contributed by atoms with Crippen molar-refractivity contribution in [3.05, 3.63) is 24.3 Å². The molecule has 0 saturated carbocycles. The second-order valence-electron chi connectivity index (χ2n) is 3.35. The smallest absolute Gasteiger partial charge is 0.194 e. The van der Waals surface area contributed by atoms with Gasteiger partial charge >= 0.3 is 0 Å². The largest absolute Gasteiger partial charge is 0.370 e. The maximum atomic E-state index is 11.8. The molecule has 1 fully saturated rings. The molecule has 1 aromatic rings. The molecule has 4 nitrogen and oxygen atoms in total. The normalized spacial score (nSPS) is 21.9. The maximum Gasteiger partial charge on any atom is 0.194 e. The topological polar surface area (TPSA) is 52.1 Å². The van der Waals surface area contributed by atoms with Crippen LogP contribution < -0.4 is 0 Å². The third-order valence-electron chi connectivity index (χ3n) is 2.32. The third-order valence-corrected chi connectivity index (χ3v) is 2.32. The number of rotatable bonds is 2. The highest BCUT2D eigenvalue weighted by Crippen LogP contribution is 2.16. The van der Waals surface area contributed by atoms with Crippen LogP contribution in [0.4, 0.5) is 0 Å². The van der Waals surface area contributed by atoms with E-state index in [4.69, 9.17) is 4.74 Å². The highest BCUT2D eigenvalue weighted by molar-refractivity contribution is 5.98. The Kier molecular flexibility index (Phi) is 2.84. The van der Waals surface area contributed by atoms with Crippen molar-refractivity contribution in [2.75, 3.05) is 6.61 Å². The first-order chi connectivity index (χ1) is 6.88. The summed E-state index contributed by atoms with van der Waals surface area (Å²) in [4.78, 5) is 19.4. The Balaban J connectivity index is 2.07. The van der Waals surface area contributed by atoms with Crippen LogP contribution in [-0.4, -0.2) is 28.5 Å². The number of hydrogen-bond acceptors (Lipinski definition) is 4. The second kappa shape index (κ2) is 4.28. The first-order valence-electron chi connectivity index (χ1n) is 4.79. The molecule has 0 amide bonds. The third kappa shape index (κ3) is 1.96. The minimum absolute atomic E-state index is 0.00491. The molecule has 1 unspecified atom stereocenters. The zero-order chi connectivity index (χ0) is 9.80. The van der Waals surface area contributed by atoms with Gasteiger partial charge < -0.3 is 4.74 Å². The molecule has 0 radical (unpaired) electrons. The van der Waals surface area contributed by atoms with Gasteiger partial charge in [0, 0.05) is 19.0 Å². The van der Waals surface area contributed by atoms with Crippen molar-refractivity contribution in [2.24, 2.45) is 0 Å². The van der Waals surface area contributed by atoms with Crippen molar-refractivity contribution in [2.45, 2.75) is 25.4 Å². The molecule has 0 aliphatic carbocycles. The summed E-state index contributed by atoms with van der Waals surface area (Å²) in [6.45, 7) is 0.685. The molecule has 0 N–H and O–H groups in total. The molecule has 0 bridgehead atoms. The van der Waals surface area contributed by atoms with Gasteiger partial charge in [0.2, 0.25) is 0 Å². The predicted octanol–water partition coefficient (Wildman–Crippen LogP) is 1.23. The molecule has 1 aromatic heterocycles. The molecule has 2 heterocycles. The van der Waals surface area contributed by atoms with Crippen molar-refractivity contribution in [1.82, 2.24) is 9.97 Å². The number of carbonyl (C=O) groups is 1. The van der Waals surface area contributed by atoms with Crippen LogP contribution in [0.5, 0.6) is 0 Å². The highest BCUT2D eigenvalue weighted by Gasteiger charge is 2.23. The lowest BCUT2D eigenvalue weighted by Gasteiger charge is -2.20. The van der Waals surface area contributed by atoms with Crippen LogP contribution in [0.25, 0.3) is 0 Å². The van der Waals surface area contributed by atoms with Gasteiger partial charge in [0.25, 0.3) is 0 Å². The zero-order valence-corrected chi connectivity index (χ0v) is 7.85. The van der Waals surface area contributed by atoms with E-state index in [1.54, 1.807) is 0 Å². The molecular formula is C10H12N2O2. The Labute approximate surface area is 82.3 Å². The van der Waals surface area contributed by atoms with Crippen LogP contribution in [0, 0.1) is 0 Å². The van der Waals surface area contributed by atoms with Crippen molar-refractivity contribution in [3.63, 3.8) is 0 Å². The number of aromatic nitrogens is 2. The van der Waals surface area contributed by atoms with Gasteiger partial charge in [0.1, 0.15) is 12.4 Å². The van der Waals surface area contributed by atoms with Crippen LogP contribution in [-0.2, 0) is 4.74 Å². The summed E-state index contributed by atoms with van der Waals surface area (Å²) in [6, 6.07) is 0. The molecule has 1 atom stereocenters. The van der Waals surface area contributed by atoms with E-state index in [0.29, 0.717) is 12.2 Å². The number of ketones is 1. The molecule has 74 valence electrons. The van der Waals surface area contributed by atoms with E-state index in [1.807, 2.05) is 0 Å². The Morgan fingerprint density at radius 2 is 2.14 bits per heavy atom. The summed E-state index contributed by atoms with van der Waals surface area (Å²) in [7, 11) is 0. The predicted molar refractivity (Wildman–Crippen MR) is 50.0 cm³/mol. The van der Waals surface area contributed by atoms with Crippen LogP contribution in [0.15, 0.2) is 18.7 Å². The quantitative estimate of drug-likeness (QED) is 0.661. The Morgan fingerprint density at radius 1 is 1.36 bits per heavy atom. The summed E-state index contributed by atoms with van der Waals surface area (Å²) in [5, 5.41) is 0. The SMILES string of the molecule is O=C(c1cncnc1)C1CCCCO1. The molecular weight excluding hydrogens is 180 g/mol. The number of Topliss-reactive ketones (excluding diaryl/α,β-unsaturated/α-hetero) is 1. The van der Waals surface area contributed by atoms with Gasteiger partial charge in [0.05, 0.1) is 5.56 Å². The van der Waals surface area contributed by atoms with Crippen LogP contribution in [0.1, 0.15) is 29.6 Å². The first kappa shape index (κ1) is 9.27. The van der Waals surface area contributed by atoms with Crippen LogP contribution in [0.3, 0.4) is 0 Å². The van der Waals surface area contributed by atoms with E-state index in [2.05, 4.69) is 9.97 Å². The molecule has 2 rings (SSSR count).